The van der Waals surface area contributed by atoms with E-state index in [9.17, 15) is 9.13 Å². The molecule has 5 N–H and O–H groups in total. The van der Waals surface area contributed by atoms with Crippen LogP contribution in [0.25, 0.3) is 0 Å². The Morgan fingerprint density at radius 1 is 1.00 bits per heavy atom. The van der Waals surface area contributed by atoms with Crippen molar-refractivity contribution in [1.29, 1.82) is 0 Å². The minimum absolute atomic E-state index is 1.17. The normalized spacial score (nSPS) is 12.1. The number of hydrogen-bond acceptors (Lipinski definition) is 4. The summed E-state index contributed by atoms with van der Waals surface area (Å²) in [5.74, 6) is 0. The summed E-state index contributed by atoms with van der Waals surface area (Å²) in [5.41, 5.74) is 0. The Hall–Kier alpha value is 0.320. The molecule has 0 radical (unpaired) electrons. The third kappa shape index (κ3) is 22.4. The van der Waals surface area contributed by atoms with Crippen LogP contribution in [0.4, 0.5) is 0 Å². The monoisotopic (exact) mass is 243 g/mol. The van der Waals surface area contributed by atoms with E-state index in [4.69, 9.17) is 29.0 Å². The maximum absolute atomic E-state index is 9.63. The molecule has 0 rings (SSSR count). The van der Waals surface area contributed by atoms with Crippen molar-refractivity contribution < 1.29 is 42.5 Å². The van der Waals surface area contributed by atoms with Gasteiger partial charge in [0, 0.05) is 0 Å². The van der Waals surface area contributed by atoms with Crippen molar-refractivity contribution in [2.24, 2.45) is 0 Å². The Kier molecular flexibility index (Phi) is 7.26. The summed E-state index contributed by atoms with van der Waals surface area (Å²) in [4.78, 5) is 38.0. The van der Waals surface area contributed by atoms with Crippen LogP contribution in [0, 0.1) is 0 Å². The Balaban J connectivity index is 0. The third-order valence-electron chi connectivity index (χ3n) is 0.213. The molecule has 12 heavy (non-hydrogen) atoms. The molecule has 0 saturated carbocycles. The summed E-state index contributed by atoms with van der Waals surface area (Å²) in [6.07, 6.45) is 0. The summed E-state index contributed by atoms with van der Waals surface area (Å²) in [5, 5.41) is 0. The number of phosphoric acid groups is 2. The number of hydrogen-bond donors (Lipinski definition) is 5. The van der Waals surface area contributed by atoms with Gasteiger partial charge in [0.2, 0.25) is 0 Å². The second-order valence-corrected chi connectivity index (χ2v) is 3.95. The van der Waals surface area contributed by atoms with Gasteiger partial charge in [-0.2, -0.15) is 9.20 Å². The molecule has 12 heteroatoms. The Morgan fingerprint density at radius 3 is 1.17 bits per heavy atom. The summed E-state index contributed by atoms with van der Waals surface area (Å²) >= 11 is 0. The molecule has 0 heterocycles. The van der Waals surface area contributed by atoms with E-state index in [2.05, 4.69) is 4.31 Å². The Labute approximate surface area is 67.8 Å². The predicted molar refractivity (Wildman–Crippen MR) is 36.4 cm³/mol. The molecule has 0 aromatic heterocycles. The van der Waals surface area contributed by atoms with Crippen molar-refractivity contribution >= 4 is 24.3 Å². The van der Waals surface area contributed by atoms with Crippen molar-refractivity contribution in [3.8, 4) is 0 Å². The first-order valence-electron chi connectivity index (χ1n) is 1.96. The summed E-state index contributed by atoms with van der Waals surface area (Å²) in [6, 6.07) is 0. The molecule has 0 saturated heterocycles. The SMILES string of the molecule is O=P(O)(O)OP(=O)(O)O.O=[PH+]O. The molecule has 0 amide bonds. The first kappa shape index (κ1) is 14.8. The Morgan fingerprint density at radius 2 is 1.17 bits per heavy atom. The van der Waals surface area contributed by atoms with E-state index in [-0.39, 0.29) is 0 Å². The maximum atomic E-state index is 9.63. The molecular formula is H6O9P3+. The van der Waals surface area contributed by atoms with Gasteiger partial charge in [-0.1, -0.05) is 0 Å². The van der Waals surface area contributed by atoms with E-state index < -0.39 is 24.3 Å². The topological polar surface area (TPSA) is 162 Å². The molecule has 0 aliphatic rings. The van der Waals surface area contributed by atoms with Gasteiger partial charge >= 0.3 is 24.3 Å². The highest BCUT2D eigenvalue weighted by molar-refractivity contribution is 7.60. The van der Waals surface area contributed by atoms with Crippen LogP contribution in [0.5, 0.6) is 0 Å². The van der Waals surface area contributed by atoms with Crippen LogP contribution in [0.1, 0.15) is 0 Å². The van der Waals surface area contributed by atoms with E-state index in [0.717, 1.165) is 0 Å². The smallest absolute Gasteiger partial charge is 0.302 e. The van der Waals surface area contributed by atoms with Crippen LogP contribution in [0.2, 0.25) is 0 Å². The zero-order valence-electron chi connectivity index (χ0n) is 5.26. The maximum Gasteiger partial charge on any atom is 0.491 e. The van der Waals surface area contributed by atoms with Crippen LogP contribution in [0.3, 0.4) is 0 Å². The molecule has 0 bridgehead atoms. The first-order chi connectivity index (χ1) is 5.12. The minimum Gasteiger partial charge on any atom is -0.302 e. The van der Waals surface area contributed by atoms with Crippen molar-refractivity contribution in [3.05, 3.63) is 0 Å². The molecule has 0 aromatic rings. The summed E-state index contributed by atoms with van der Waals surface area (Å²) in [7, 11) is -11.3. The second kappa shape index (κ2) is 5.88. The molecule has 1 unspecified atom stereocenters. The summed E-state index contributed by atoms with van der Waals surface area (Å²) in [6.45, 7) is 0. The summed E-state index contributed by atoms with van der Waals surface area (Å²) < 4.78 is 30.7. The lowest BCUT2D eigenvalue weighted by Crippen LogP contribution is -1.84. The van der Waals surface area contributed by atoms with Crippen LogP contribution < -0.4 is 0 Å². The average Bonchev–Trinajstić information content (AvgIpc) is 1.53. The average molecular weight is 243 g/mol. The minimum atomic E-state index is -5.05. The fraction of sp³-hybridized carbons (Fsp3) is 0. The van der Waals surface area contributed by atoms with Crippen molar-refractivity contribution in [2.75, 3.05) is 0 Å². The van der Waals surface area contributed by atoms with Crippen LogP contribution in [-0.4, -0.2) is 24.5 Å². The highest BCUT2D eigenvalue weighted by Crippen LogP contribution is 2.53. The molecule has 0 aromatic carbocycles. The van der Waals surface area contributed by atoms with Crippen LogP contribution >= 0.6 is 24.3 Å². The lowest BCUT2D eigenvalue weighted by Gasteiger charge is -2.03. The van der Waals surface area contributed by atoms with Crippen molar-refractivity contribution in [3.63, 3.8) is 0 Å². The van der Waals surface area contributed by atoms with E-state index >= 15 is 0 Å². The van der Waals surface area contributed by atoms with Gasteiger partial charge in [0.15, 0.2) is 0 Å². The van der Waals surface area contributed by atoms with Gasteiger partial charge in [0.1, 0.15) is 0 Å². The third-order valence-corrected chi connectivity index (χ3v) is 1.91. The van der Waals surface area contributed by atoms with Gasteiger partial charge in [-0.15, -0.1) is 0 Å². The second-order valence-electron chi connectivity index (χ2n) is 1.15. The first-order valence-corrected chi connectivity index (χ1v) is 5.87. The fourth-order valence-electron chi connectivity index (χ4n) is 0.139. The molecule has 74 valence electrons. The molecule has 9 nitrogen and oxygen atoms in total. The molecular weight excluding hydrogens is 237 g/mol. The lowest BCUT2D eigenvalue weighted by molar-refractivity contribution is 0.225. The van der Waals surface area contributed by atoms with Gasteiger partial charge in [-0.3, -0.25) is 0 Å². The zero-order chi connectivity index (χ0) is 10.4. The van der Waals surface area contributed by atoms with Gasteiger partial charge in [-0.05, 0) is 4.57 Å². The van der Waals surface area contributed by atoms with E-state index in [1.165, 1.54) is 0 Å². The molecule has 0 aliphatic heterocycles. The van der Waals surface area contributed by atoms with E-state index in [0.29, 0.717) is 0 Å². The number of rotatable bonds is 2. The van der Waals surface area contributed by atoms with Crippen molar-refractivity contribution in [1.82, 2.24) is 0 Å². The molecule has 0 aliphatic carbocycles. The highest BCUT2D eigenvalue weighted by atomic mass is 31.3. The quantitative estimate of drug-likeness (QED) is 0.387. The molecule has 1 atom stereocenters. The largest absolute Gasteiger partial charge is 0.491 e. The standard InChI is InChI=1S/H4O7P2.HO2P/c1-8(2,3)7-9(4,5)6;1-3-2/h(H2,1,2,3)(H2,4,5,6);3H/p+1. The van der Waals surface area contributed by atoms with Crippen molar-refractivity contribution in [2.45, 2.75) is 0 Å². The van der Waals surface area contributed by atoms with Gasteiger partial charge in [-0.25, -0.2) is 9.13 Å². The van der Waals surface area contributed by atoms with E-state index in [1.807, 2.05) is 0 Å². The van der Waals surface area contributed by atoms with Gasteiger partial charge in [0.25, 0.3) is 0 Å². The Bertz CT molecular complexity index is 184. The van der Waals surface area contributed by atoms with Crippen LogP contribution in [0.15, 0.2) is 0 Å². The van der Waals surface area contributed by atoms with Gasteiger partial charge in [0.05, 0.1) is 0 Å². The zero-order valence-corrected chi connectivity index (χ0v) is 8.05. The predicted octanol–water partition coefficient (Wildman–Crippen LogP) is -0.894. The lowest BCUT2D eigenvalue weighted by atomic mass is 15.7. The highest BCUT2D eigenvalue weighted by Gasteiger charge is 2.27. The van der Waals surface area contributed by atoms with Gasteiger partial charge < -0.3 is 19.6 Å². The van der Waals surface area contributed by atoms with Crippen LogP contribution in [-0.2, 0) is 18.0 Å². The molecule has 0 fully saturated rings. The fourth-order valence-corrected chi connectivity index (χ4v) is 1.25. The van der Waals surface area contributed by atoms with E-state index in [1.54, 1.807) is 0 Å². The molecule has 0 spiro atoms.